The Hall–Kier alpha value is -2.84. The van der Waals surface area contributed by atoms with Crippen molar-refractivity contribution in [3.8, 4) is 17.0 Å². The standard InChI is InChI=1S/C15H14F3N3O3/c1-21(8-13(22)23)14-19-10(7-12(20-14)15(16,17)18)9-5-3-4-6-11(9)24-2/h3-7H,8H2,1-2H3,(H,22,23). The number of carboxylic acid groups (broad SMARTS) is 1. The molecule has 2 aromatic rings. The highest BCUT2D eigenvalue weighted by molar-refractivity contribution is 5.73. The molecule has 0 unspecified atom stereocenters. The van der Waals surface area contributed by atoms with Gasteiger partial charge in [0, 0.05) is 12.6 Å². The van der Waals surface area contributed by atoms with Crippen LogP contribution in [0.1, 0.15) is 5.69 Å². The van der Waals surface area contributed by atoms with Crippen molar-refractivity contribution in [3.63, 3.8) is 0 Å². The minimum absolute atomic E-state index is 0.0120. The molecule has 0 saturated carbocycles. The summed E-state index contributed by atoms with van der Waals surface area (Å²) in [5.41, 5.74) is -0.828. The molecule has 0 bridgehead atoms. The first-order chi connectivity index (χ1) is 11.2. The molecule has 6 nitrogen and oxygen atoms in total. The molecule has 128 valence electrons. The maximum Gasteiger partial charge on any atom is 0.433 e. The van der Waals surface area contributed by atoms with E-state index in [0.29, 0.717) is 11.3 Å². The van der Waals surface area contributed by atoms with Crippen LogP contribution in [0.3, 0.4) is 0 Å². The fourth-order valence-corrected chi connectivity index (χ4v) is 2.02. The molecule has 1 heterocycles. The molecule has 24 heavy (non-hydrogen) atoms. The van der Waals surface area contributed by atoms with E-state index in [1.165, 1.54) is 14.2 Å². The van der Waals surface area contributed by atoms with Crippen molar-refractivity contribution in [1.82, 2.24) is 9.97 Å². The van der Waals surface area contributed by atoms with Crippen LogP contribution in [-0.4, -0.2) is 41.7 Å². The summed E-state index contributed by atoms with van der Waals surface area (Å²) in [5.74, 6) is -1.21. The smallest absolute Gasteiger partial charge is 0.433 e. The lowest BCUT2D eigenvalue weighted by atomic mass is 10.1. The summed E-state index contributed by atoms with van der Waals surface area (Å²) in [6.45, 7) is -0.535. The van der Waals surface area contributed by atoms with Gasteiger partial charge in [-0.1, -0.05) is 12.1 Å². The highest BCUT2D eigenvalue weighted by Gasteiger charge is 2.34. The molecule has 0 spiro atoms. The number of ether oxygens (including phenoxy) is 1. The van der Waals surface area contributed by atoms with Crippen LogP contribution in [0.2, 0.25) is 0 Å². The van der Waals surface area contributed by atoms with Gasteiger partial charge in [0.1, 0.15) is 12.3 Å². The van der Waals surface area contributed by atoms with Crippen LogP contribution < -0.4 is 9.64 Å². The zero-order chi connectivity index (χ0) is 17.9. The van der Waals surface area contributed by atoms with E-state index in [-0.39, 0.29) is 11.6 Å². The molecule has 0 radical (unpaired) electrons. The third kappa shape index (κ3) is 3.92. The number of methoxy groups -OCH3 is 1. The SMILES string of the molecule is COc1ccccc1-c1cc(C(F)(F)F)nc(N(C)CC(=O)O)n1. The molecule has 0 aliphatic carbocycles. The van der Waals surface area contributed by atoms with Crippen molar-refractivity contribution in [2.24, 2.45) is 0 Å². The summed E-state index contributed by atoms with van der Waals surface area (Å²) < 4.78 is 44.5. The van der Waals surface area contributed by atoms with Crippen molar-refractivity contribution in [2.45, 2.75) is 6.18 Å². The third-order valence-corrected chi connectivity index (χ3v) is 3.10. The molecule has 0 fully saturated rings. The minimum Gasteiger partial charge on any atom is -0.496 e. The summed E-state index contributed by atoms with van der Waals surface area (Å²) in [6, 6.07) is 7.25. The van der Waals surface area contributed by atoms with Gasteiger partial charge in [-0.15, -0.1) is 0 Å². The lowest BCUT2D eigenvalue weighted by Crippen LogP contribution is -2.28. The number of halogens is 3. The van der Waals surface area contributed by atoms with Crippen molar-refractivity contribution in [1.29, 1.82) is 0 Å². The summed E-state index contributed by atoms with van der Waals surface area (Å²) in [7, 11) is 2.69. The Labute approximate surface area is 135 Å². The van der Waals surface area contributed by atoms with Gasteiger partial charge in [0.2, 0.25) is 5.95 Å². The number of carbonyl (C=O) groups is 1. The second-order valence-electron chi connectivity index (χ2n) is 4.89. The third-order valence-electron chi connectivity index (χ3n) is 3.10. The number of likely N-dealkylation sites (N-methyl/N-ethyl adjacent to an activating group) is 1. The molecule has 0 aliphatic rings. The van der Waals surface area contributed by atoms with Crippen LogP contribution in [0.25, 0.3) is 11.3 Å². The second-order valence-corrected chi connectivity index (χ2v) is 4.89. The number of anilines is 1. The zero-order valence-corrected chi connectivity index (χ0v) is 12.8. The van der Waals surface area contributed by atoms with Crippen molar-refractivity contribution in [2.75, 3.05) is 25.6 Å². The predicted molar refractivity (Wildman–Crippen MR) is 79.9 cm³/mol. The molecule has 0 aliphatic heterocycles. The normalized spacial score (nSPS) is 11.2. The number of nitrogens with zero attached hydrogens (tertiary/aromatic N) is 3. The molecule has 0 saturated heterocycles. The summed E-state index contributed by atoms with van der Waals surface area (Å²) in [4.78, 5) is 19.3. The fourth-order valence-electron chi connectivity index (χ4n) is 2.02. The molecule has 2 rings (SSSR count). The summed E-state index contributed by atoms with van der Waals surface area (Å²) in [5, 5.41) is 8.80. The van der Waals surface area contributed by atoms with E-state index in [9.17, 15) is 18.0 Å². The zero-order valence-electron chi connectivity index (χ0n) is 12.8. The van der Waals surface area contributed by atoms with E-state index in [0.717, 1.165) is 11.0 Å². The number of benzene rings is 1. The first kappa shape index (κ1) is 17.5. The minimum atomic E-state index is -4.70. The average Bonchev–Trinajstić information content (AvgIpc) is 2.53. The maximum atomic E-state index is 13.1. The lowest BCUT2D eigenvalue weighted by Gasteiger charge is -2.18. The highest BCUT2D eigenvalue weighted by Crippen LogP contribution is 2.34. The number of aliphatic carboxylic acids is 1. The molecular weight excluding hydrogens is 327 g/mol. The highest BCUT2D eigenvalue weighted by atomic mass is 19.4. The van der Waals surface area contributed by atoms with Crippen LogP contribution >= 0.6 is 0 Å². The number of aromatic nitrogens is 2. The Bertz CT molecular complexity index is 750. The molecule has 0 atom stereocenters. The molecule has 0 amide bonds. The Morgan fingerprint density at radius 1 is 1.29 bits per heavy atom. The van der Waals surface area contributed by atoms with Gasteiger partial charge in [-0.2, -0.15) is 13.2 Å². The number of hydrogen-bond donors (Lipinski definition) is 1. The number of alkyl halides is 3. The van der Waals surface area contributed by atoms with Crippen LogP contribution in [0.5, 0.6) is 5.75 Å². The van der Waals surface area contributed by atoms with Gasteiger partial charge in [-0.3, -0.25) is 4.79 Å². The fraction of sp³-hybridized carbons (Fsp3) is 0.267. The largest absolute Gasteiger partial charge is 0.496 e. The van der Waals surface area contributed by atoms with Crippen molar-refractivity contribution >= 4 is 11.9 Å². The Morgan fingerprint density at radius 2 is 1.96 bits per heavy atom. The molecular formula is C15H14F3N3O3. The molecule has 1 N–H and O–H groups in total. The second kappa shape index (κ2) is 6.73. The Morgan fingerprint density at radius 3 is 2.54 bits per heavy atom. The maximum absolute atomic E-state index is 13.1. The monoisotopic (exact) mass is 341 g/mol. The number of hydrogen-bond acceptors (Lipinski definition) is 5. The van der Waals surface area contributed by atoms with Gasteiger partial charge in [0.25, 0.3) is 0 Å². The first-order valence-corrected chi connectivity index (χ1v) is 6.75. The lowest BCUT2D eigenvalue weighted by molar-refractivity contribution is -0.141. The van der Waals surface area contributed by atoms with E-state index in [4.69, 9.17) is 9.84 Å². The Kier molecular flexibility index (Phi) is 4.91. The van der Waals surface area contributed by atoms with Crippen molar-refractivity contribution in [3.05, 3.63) is 36.0 Å². The van der Waals surface area contributed by atoms with Gasteiger partial charge in [-0.25, -0.2) is 9.97 Å². The van der Waals surface area contributed by atoms with E-state index in [1.807, 2.05) is 0 Å². The van der Waals surface area contributed by atoms with Crippen LogP contribution in [-0.2, 0) is 11.0 Å². The van der Waals surface area contributed by atoms with Gasteiger partial charge in [-0.05, 0) is 18.2 Å². The quantitative estimate of drug-likeness (QED) is 0.901. The van der Waals surface area contributed by atoms with Crippen LogP contribution in [0.15, 0.2) is 30.3 Å². The number of rotatable bonds is 5. The Balaban J connectivity index is 2.61. The summed E-state index contributed by atoms with van der Waals surface area (Å²) >= 11 is 0. The van der Waals surface area contributed by atoms with E-state index >= 15 is 0 Å². The predicted octanol–water partition coefficient (Wildman–Crippen LogP) is 2.69. The molecule has 1 aromatic heterocycles. The van der Waals surface area contributed by atoms with Gasteiger partial charge in [0.15, 0.2) is 5.69 Å². The van der Waals surface area contributed by atoms with Crippen LogP contribution in [0, 0.1) is 0 Å². The van der Waals surface area contributed by atoms with Gasteiger partial charge < -0.3 is 14.7 Å². The van der Waals surface area contributed by atoms with Crippen molar-refractivity contribution < 1.29 is 27.8 Å². The molecule has 9 heteroatoms. The van der Waals surface area contributed by atoms with Gasteiger partial charge >= 0.3 is 12.1 Å². The topological polar surface area (TPSA) is 75.5 Å². The van der Waals surface area contributed by atoms with E-state index in [2.05, 4.69) is 9.97 Å². The van der Waals surface area contributed by atoms with Gasteiger partial charge in [0.05, 0.1) is 12.8 Å². The van der Waals surface area contributed by atoms with Crippen LogP contribution in [0.4, 0.5) is 19.1 Å². The average molecular weight is 341 g/mol. The molecule has 1 aromatic carbocycles. The van der Waals surface area contributed by atoms with E-state index < -0.39 is 24.4 Å². The summed E-state index contributed by atoms with van der Waals surface area (Å²) in [6.07, 6.45) is -4.70. The number of para-hydroxylation sites is 1. The number of carboxylic acids is 1. The first-order valence-electron chi connectivity index (χ1n) is 6.75. The van der Waals surface area contributed by atoms with E-state index in [1.54, 1.807) is 24.3 Å².